The molecule has 1 heterocycles. The normalized spacial score (nSPS) is 17.0. The van der Waals surface area contributed by atoms with Crippen molar-refractivity contribution >= 4 is 17.0 Å². The average Bonchev–Trinajstić information content (AvgIpc) is 2.94. The van der Waals surface area contributed by atoms with E-state index in [9.17, 15) is 19.0 Å². The van der Waals surface area contributed by atoms with Crippen LogP contribution in [-0.4, -0.2) is 24.0 Å². The fourth-order valence-electron chi connectivity index (χ4n) is 6.69. The van der Waals surface area contributed by atoms with Gasteiger partial charge in [0.25, 0.3) is 11.3 Å². The first kappa shape index (κ1) is 31.6. The van der Waals surface area contributed by atoms with E-state index < -0.39 is 22.5 Å². The Labute approximate surface area is 258 Å². The molecule has 0 saturated heterocycles. The van der Waals surface area contributed by atoms with Gasteiger partial charge in [-0.1, -0.05) is 25.3 Å². The molecule has 1 aromatic heterocycles. The molecular formula is C35H46N2O5S. The Kier molecular flexibility index (Phi) is 9.06. The molecular weight excluding hydrogens is 560 g/mol. The second kappa shape index (κ2) is 12.3. The van der Waals surface area contributed by atoms with Crippen LogP contribution >= 0.6 is 0 Å². The summed E-state index contributed by atoms with van der Waals surface area (Å²) in [5, 5.41) is 21.7. The first-order chi connectivity index (χ1) is 20.2. The molecule has 4 N–H and O–H groups in total. The molecule has 2 aliphatic carbocycles. The minimum Gasteiger partial charge on any atom is -0.456 e. The van der Waals surface area contributed by atoms with Crippen LogP contribution in [0, 0.1) is 13.8 Å². The summed E-state index contributed by atoms with van der Waals surface area (Å²) in [5.74, 6) is 1.49. The number of pyridine rings is 1. The van der Waals surface area contributed by atoms with Gasteiger partial charge in [-0.15, -0.1) is 0 Å². The van der Waals surface area contributed by atoms with Crippen molar-refractivity contribution in [2.24, 2.45) is 0 Å². The molecule has 0 radical (unpaired) electrons. The number of benzene rings is 2. The predicted octanol–water partition coefficient (Wildman–Crippen LogP) is 8.09. The van der Waals surface area contributed by atoms with E-state index in [2.05, 4.69) is 4.72 Å². The summed E-state index contributed by atoms with van der Waals surface area (Å²) in [6.45, 7) is 11.0. The number of hydrogen-bond donors (Lipinski definition) is 4. The zero-order valence-electron chi connectivity index (χ0n) is 26.3. The van der Waals surface area contributed by atoms with Crippen LogP contribution in [0.1, 0.15) is 118 Å². The first-order valence-electron chi connectivity index (χ1n) is 15.6. The molecule has 1 unspecified atom stereocenters. The quantitative estimate of drug-likeness (QED) is 0.193. The largest absolute Gasteiger partial charge is 0.456 e. The van der Waals surface area contributed by atoms with Crippen LogP contribution in [0.3, 0.4) is 0 Å². The molecule has 1 atom stereocenters. The lowest BCUT2D eigenvalue weighted by Gasteiger charge is -2.30. The van der Waals surface area contributed by atoms with Gasteiger partial charge in [0.05, 0.1) is 22.6 Å². The zero-order chi connectivity index (χ0) is 31.1. The lowest BCUT2D eigenvalue weighted by atomic mass is 9.81. The minimum atomic E-state index is -2.31. The highest BCUT2D eigenvalue weighted by atomic mass is 32.2. The van der Waals surface area contributed by atoms with Crippen LogP contribution < -0.4 is 9.46 Å². The maximum Gasteiger partial charge on any atom is 0.259 e. The van der Waals surface area contributed by atoms with E-state index in [-0.39, 0.29) is 5.92 Å². The number of anilines is 1. The Hall–Kier alpha value is -2.78. The Bertz CT molecular complexity index is 1510. The Balaban J connectivity index is 1.78. The average molecular weight is 607 g/mol. The van der Waals surface area contributed by atoms with E-state index >= 15 is 0 Å². The predicted molar refractivity (Wildman–Crippen MR) is 173 cm³/mol. The van der Waals surface area contributed by atoms with Crippen LogP contribution in [0.25, 0.3) is 11.1 Å². The van der Waals surface area contributed by atoms with Gasteiger partial charge in [-0.05, 0) is 132 Å². The molecule has 2 aromatic carbocycles. The fraction of sp³-hybridized carbons (Fsp3) is 0.514. The van der Waals surface area contributed by atoms with Crippen molar-refractivity contribution in [3.05, 3.63) is 69.5 Å². The number of hydrogen-bond acceptors (Lipinski definition) is 5. The maximum atomic E-state index is 12.4. The first-order valence-corrected chi connectivity index (χ1v) is 16.7. The standard InChI is InChI=1S/C35H46N2O5S/c1-21-18-25(35(5,6)39)19-22(2)33(21)42-29-17-16-24(34(3,4)38)20-27(29)30-26-14-10-11-15-28(26)36-31(32(30)37-43(40)41)23-12-8-7-9-13-23/h16-20,23,37-39H,7-15H2,1-6H3,(H,40,41). The van der Waals surface area contributed by atoms with E-state index in [0.29, 0.717) is 17.2 Å². The summed E-state index contributed by atoms with van der Waals surface area (Å²) in [4.78, 5) is 5.20. The molecule has 3 aromatic rings. The van der Waals surface area contributed by atoms with Crippen molar-refractivity contribution in [2.75, 3.05) is 4.72 Å². The van der Waals surface area contributed by atoms with Crippen molar-refractivity contribution in [3.8, 4) is 22.6 Å². The van der Waals surface area contributed by atoms with Gasteiger partial charge >= 0.3 is 0 Å². The van der Waals surface area contributed by atoms with E-state index in [1.54, 1.807) is 27.7 Å². The van der Waals surface area contributed by atoms with Gasteiger partial charge in [0.2, 0.25) is 0 Å². The highest BCUT2D eigenvalue weighted by Crippen LogP contribution is 2.48. The third-order valence-corrected chi connectivity index (χ3v) is 9.40. The number of aryl methyl sites for hydroxylation is 3. The zero-order valence-corrected chi connectivity index (χ0v) is 27.2. The van der Waals surface area contributed by atoms with Crippen LogP contribution in [0.15, 0.2) is 30.3 Å². The van der Waals surface area contributed by atoms with E-state index in [0.717, 1.165) is 102 Å². The fourth-order valence-corrected chi connectivity index (χ4v) is 7.07. The molecule has 0 amide bonds. The molecule has 0 aliphatic heterocycles. The van der Waals surface area contributed by atoms with Gasteiger partial charge in [-0.3, -0.25) is 14.3 Å². The van der Waals surface area contributed by atoms with Crippen LogP contribution in [0.4, 0.5) is 5.69 Å². The highest BCUT2D eigenvalue weighted by molar-refractivity contribution is 7.80. The third-order valence-electron chi connectivity index (χ3n) is 9.02. The van der Waals surface area contributed by atoms with Gasteiger partial charge in [-0.2, -0.15) is 0 Å². The van der Waals surface area contributed by atoms with Crippen LogP contribution in [0.5, 0.6) is 11.5 Å². The minimum absolute atomic E-state index is 0.200. The summed E-state index contributed by atoms with van der Waals surface area (Å²) >= 11 is -2.31. The summed E-state index contributed by atoms with van der Waals surface area (Å²) in [5.41, 5.74) is 6.40. The molecule has 1 saturated carbocycles. The Morgan fingerprint density at radius 3 is 2.12 bits per heavy atom. The smallest absolute Gasteiger partial charge is 0.259 e. The van der Waals surface area contributed by atoms with Crippen LogP contribution in [-0.2, 0) is 35.3 Å². The monoisotopic (exact) mass is 606 g/mol. The molecule has 0 bridgehead atoms. The second-order valence-corrected chi connectivity index (χ2v) is 14.1. The molecule has 5 rings (SSSR count). The number of aromatic nitrogens is 1. The summed E-state index contributed by atoms with van der Waals surface area (Å²) in [6, 6.07) is 9.63. The topological polar surface area (TPSA) is 112 Å². The lowest BCUT2D eigenvalue weighted by molar-refractivity contribution is 0.0780. The van der Waals surface area contributed by atoms with Gasteiger partial charge in [-0.25, -0.2) is 4.21 Å². The summed E-state index contributed by atoms with van der Waals surface area (Å²) < 4.78 is 32.3. The van der Waals surface area contributed by atoms with Crippen molar-refractivity contribution in [2.45, 2.75) is 116 Å². The Morgan fingerprint density at radius 2 is 1.51 bits per heavy atom. The molecule has 2 aliphatic rings. The van der Waals surface area contributed by atoms with Gasteiger partial charge < -0.3 is 14.9 Å². The van der Waals surface area contributed by atoms with Gasteiger partial charge in [0.15, 0.2) is 0 Å². The highest BCUT2D eigenvalue weighted by Gasteiger charge is 2.31. The number of fused-ring (bicyclic) bond motifs is 1. The SMILES string of the molecule is Cc1cc(C(C)(C)O)cc(C)c1Oc1ccc(C(C)(C)O)cc1-c1c2c(nc(C3CCCCC3)c1NS(=O)O)CCCC2. The van der Waals surface area contributed by atoms with Gasteiger partial charge in [0.1, 0.15) is 11.5 Å². The molecule has 43 heavy (non-hydrogen) atoms. The van der Waals surface area contributed by atoms with E-state index in [1.807, 2.05) is 44.2 Å². The molecule has 1 fully saturated rings. The van der Waals surface area contributed by atoms with E-state index in [4.69, 9.17) is 9.72 Å². The van der Waals surface area contributed by atoms with Crippen molar-refractivity contribution in [1.29, 1.82) is 0 Å². The third kappa shape index (κ3) is 6.83. The molecule has 0 spiro atoms. The Morgan fingerprint density at radius 1 is 0.884 bits per heavy atom. The van der Waals surface area contributed by atoms with Crippen molar-refractivity contribution < 1.29 is 23.7 Å². The number of nitrogens with one attached hydrogen (secondary N) is 1. The summed E-state index contributed by atoms with van der Waals surface area (Å²) in [6.07, 6.45) is 9.14. The maximum absolute atomic E-state index is 12.4. The number of nitrogens with zero attached hydrogens (tertiary/aromatic N) is 1. The van der Waals surface area contributed by atoms with E-state index in [1.165, 1.54) is 6.42 Å². The van der Waals surface area contributed by atoms with Crippen LogP contribution in [0.2, 0.25) is 0 Å². The number of ether oxygens (including phenoxy) is 1. The molecule has 232 valence electrons. The number of rotatable bonds is 8. The molecule has 7 nitrogen and oxygen atoms in total. The summed E-state index contributed by atoms with van der Waals surface area (Å²) in [7, 11) is 0. The van der Waals surface area contributed by atoms with Crippen molar-refractivity contribution in [1.82, 2.24) is 4.98 Å². The van der Waals surface area contributed by atoms with Crippen molar-refractivity contribution in [3.63, 3.8) is 0 Å². The number of aliphatic hydroxyl groups is 2. The molecule has 8 heteroatoms. The second-order valence-electron chi connectivity index (χ2n) is 13.4. The lowest BCUT2D eigenvalue weighted by Crippen LogP contribution is -2.19. The van der Waals surface area contributed by atoms with Gasteiger partial charge in [0, 0.05) is 22.7 Å².